The lowest BCUT2D eigenvalue weighted by atomic mass is 9.97. The minimum Gasteiger partial charge on any atom is -0.296 e. The number of benzene rings is 1. The number of hydrogen-bond donors (Lipinski definition) is 0. The topological polar surface area (TPSA) is 20.3 Å². The van der Waals surface area contributed by atoms with E-state index in [-0.39, 0.29) is 11.6 Å². The van der Waals surface area contributed by atoms with Crippen molar-refractivity contribution in [2.24, 2.45) is 0 Å². The van der Waals surface area contributed by atoms with Crippen LogP contribution in [0.2, 0.25) is 0 Å². The summed E-state index contributed by atoms with van der Waals surface area (Å²) in [5.74, 6) is -0.522. The molecule has 86 valence electrons. The summed E-state index contributed by atoms with van der Waals surface area (Å²) in [6.45, 7) is 5.25. The second-order valence-electron chi connectivity index (χ2n) is 4.03. The Morgan fingerprint density at radius 3 is 2.38 bits per heavy atom. The average Bonchev–Trinajstić information content (AvgIpc) is 2.20. The van der Waals surface area contributed by atoms with Gasteiger partial charge in [-0.2, -0.15) is 0 Å². The largest absolute Gasteiger partial charge is 0.296 e. The number of Topliss-reactive ketones (excluding diaryl/α,β-unsaturated/α-hetero) is 1. The highest BCUT2D eigenvalue weighted by molar-refractivity contribution is 5.99. The smallest absolute Gasteiger partial charge is 0.179 e. The van der Waals surface area contributed by atoms with Crippen molar-refractivity contribution in [3.8, 4) is 0 Å². The molecular formula is C13H16FNO. The van der Waals surface area contributed by atoms with Crippen LogP contribution in [0.25, 0.3) is 0 Å². The van der Waals surface area contributed by atoms with Crippen molar-refractivity contribution in [1.29, 1.82) is 0 Å². The molecule has 16 heavy (non-hydrogen) atoms. The van der Waals surface area contributed by atoms with E-state index < -0.39 is 6.04 Å². The summed E-state index contributed by atoms with van der Waals surface area (Å²) in [6, 6.07) is 5.72. The van der Waals surface area contributed by atoms with Gasteiger partial charge in [0.1, 0.15) is 11.9 Å². The average molecular weight is 221 g/mol. The molecule has 1 rings (SSSR count). The first-order valence-corrected chi connectivity index (χ1v) is 5.05. The molecule has 0 aliphatic heterocycles. The summed E-state index contributed by atoms with van der Waals surface area (Å²) < 4.78 is 13.6. The highest BCUT2D eigenvalue weighted by Crippen LogP contribution is 2.24. The van der Waals surface area contributed by atoms with E-state index in [1.807, 2.05) is 0 Å². The van der Waals surface area contributed by atoms with E-state index in [9.17, 15) is 9.18 Å². The molecule has 0 fully saturated rings. The standard InChI is InChI=1S/C13H16FNO/c1-9(2)13(16)12(15(3)4)10-7-5-6-8-11(10)14/h5-8,12H,1H2,2-4H3. The van der Waals surface area contributed by atoms with Gasteiger partial charge in [-0.05, 0) is 32.7 Å². The fourth-order valence-electron chi connectivity index (χ4n) is 1.58. The van der Waals surface area contributed by atoms with Crippen molar-refractivity contribution >= 4 is 5.78 Å². The van der Waals surface area contributed by atoms with Crippen LogP contribution in [-0.4, -0.2) is 24.8 Å². The minimum absolute atomic E-state index is 0.157. The van der Waals surface area contributed by atoms with Crippen molar-refractivity contribution < 1.29 is 9.18 Å². The van der Waals surface area contributed by atoms with Crippen LogP contribution in [0.15, 0.2) is 36.4 Å². The van der Waals surface area contributed by atoms with Gasteiger partial charge < -0.3 is 0 Å². The number of likely N-dealkylation sites (N-methyl/N-ethyl adjacent to an activating group) is 1. The molecule has 0 N–H and O–H groups in total. The maximum Gasteiger partial charge on any atom is 0.179 e. The van der Waals surface area contributed by atoms with Crippen LogP contribution in [0.4, 0.5) is 4.39 Å². The monoisotopic (exact) mass is 221 g/mol. The van der Waals surface area contributed by atoms with E-state index in [0.717, 1.165) is 0 Å². The number of hydrogen-bond acceptors (Lipinski definition) is 2. The van der Waals surface area contributed by atoms with Gasteiger partial charge in [0.15, 0.2) is 5.78 Å². The maximum atomic E-state index is 13.6. The first-order chi connectivity index (χ1) is 7.45. The molecule has 0 amide bonds. The second-order valence-corrected chi connectivity index (χ2v) is 4.03. The van der Waals surface area contributed by atoms with Gasteiger partial charge in [-0.15, -0.1) is 0 Å². The highest BCUT2D eigenvalue weighted by atomic mass is 19.1. The first kappa shape index (κ1) is 12.6. The van der Waals surface area contributed by atoms with Gasteiger partial charge in [0, 0.05) is 5.56 Å². The van der Waals surface area contributed by atoms with Gasteiger partial charge in [-0.1, -0.05) is 24.8 Å². The summed E-state index contributed by atoms with van der Waals surface area (Å²) in [4.78, 5) is 13.6. The predicted octanol–water partition coefficient (Wildman–Crippen LogP) is 2.57. The van der Waals surface area contributed by atoms with Gasteiger partial charge in [-0.3, -0.25) is 9.69 Å². The van der Waals surface area contributed by atoms with E-state index >= 15 is 0 Å². The Morgan fingerprint density at radius 2 is 1.94 bits per heavy atom. The molecule has 0 radical (unpaired) electrons. The van der Waals surface area contributed by atoms with Crippen molar-refractivity contribution in [2.75, 3.05) is 14.1 Å². The molecule has 0 saturated heterocycles. The summed E-state index contributed by atoms with van der Waals surface area (Å²) in [5.41, 5.74) is 0.822. The predicted molar refractivity (Wildman–Crippen MR) is 62.6 cm³/mol. The SMILES string of the molecule is C=C(C)C(=O)C(c1ccccc1F)N(C)C. The van der Waals surface area contributed by atoms with Gasteiger partial charge in [0.05, 0.1) is 0 Å². The van der Waals surface area contributed by atoms with Gasteiger partial charge in [-0.25, -0.2) is 4.39 Å². The van der Waals surface area contributed by atoms with Crippen molar-refractivity contribution in [2.45, 2.75) is 13.0 Å². The number of ketones is 1. The lowest BCUT2D eigenvalue weighted by Gasteiger charge is -2.23. The molecule has 0 heterocycles. The molecule has 1 atom stereocenters. The molecule has 2 nitrogen and oxygen atoms in total. The van der Waals surface area contributed by atoms with Crippen LogP contribution in [0.5, 0.6) is 0 Å². The molecule has 1 aromatic carbocycles. The van der Waals surface area contributed by atoms with E-state index in [1.165, 1.54) is 6.07 Å². The number of rotatable bonds is 4. The van der Waals surface area contributed by atoms with Gasteiger partial charge >= 0.3 is 0 Å². The normalized spacial score (nSPS) is 12.6. The Balaban J connectivity index is 3.18. The molecule has 0 aliphatic rings. The third-order valence-corrected chi connectivity index (χ3v) is 2.39. The Morgan fingerprint density at radius 1 is 1.38 bits per heavy atom. The van der Waals surface area contributed by atoms with Crippen LogP contribution >= 0.6 is 0 Å². The summed E-state index contributed by atoms with van der Waals surface area (Å²) in [6.07, 6.45) is 0. The van der Waals surface area contributed by atoms with Crippen molar-refractivity contribution in [3.05, 3.63) is 47.8 Å². The van der Waals surface area contributed by atoms with Crippen LogP contribution in [0.3, 0.4) is 0 Å². The first-order valence-electron chi connectivity index (χ1n) is 5.05. The molecule has 3 heteroatoms. The quantitative estimate of drug-likeness (QED) is 0.728. The molecule has 0 aliphatic carbocycles. The van der Waals surface area contributed by atoms with Crippen LogP contribution in [0.1, 0.15) is 18.5 Å². The van der Waals surface area contributed by atoms with Crippen molar-refractivity contribution in [1.82, 2.24) is 4.90 Å². The molecule has 0 bridgehead atoms. The Hall–Kier alpha value is -1.48. The Bertz CT molecular complexity index is 412. The van der Waals surface area contributed by atoms with E-state index in [4.69, 9.17) is 0 Å². The van der Waals surface area contributed by atoms with E-state index in [2.05, 4.69) is 6.58 Å². The van der Waals surface area contributed by atoms with Gasteiger partial charge in [0.2, 0.25) is 0 Å². The lowest BCUT2D eigenvalue weighted by molar-refractivity contribution is -0.120. The summed E-state index contributed by atoms with van der Waals surface area (Å²) in [5, 5.41) is 0. The maximum absolute atomic E-state index is 13.6. The molecular weight excluding hydrogens is 205 g/mol. The van der Waals surface area contributed by atoms with Crippen LogP contribution in [-0.2, 0) is 4.79 Å². The lowest BCUT2D eigenvalue weighted by Crippen LogP contribution is -2.28. The third-order valence-electron chi connectivity index (χ3n) is 2.39. The zero-order chi connectivity index (χ0) is 12.3. The molecule has 1 unspecified atom stereocenters. The fourth-order valence-corrected chi connectivity index (χ4v) is 1.58. The van der Waals surface area contributed by atoms with Crippen LogP contribution < -0.4 is 0 Å². The van der Waals surface area contributed by atoms with Crippen molar-refractivity contribution in [3.63, 3.8) is 0 Å². The number of carbonyl (C=O) groups excluding carboxylic acids is 1. The highest BCUT2D eigenvalue weighted by Gasteiger charge is 2.25. The Labute approximate surface area is 95.4 Å². The number of carbonyl (C=O) groups is 1. The molecule has 0 aromatic heterocycles. The zero-order valence-electron chi connectivity index (χ0n) is 9.83. The van der Waals surface area contributed by atoms with E-state index in [0.29, 0.717) is 11.1 Å². The van der Waals surface area contributed by atoms with E-state index in [1.54, 1.807) is 44.1 Å². The summed E-state index contributed by atoms with van der Waals surface area (Å²) >= 11 is 0. The summed E-state index contributed by atoms with van der Waals surface area (Å²) in [7, 11) is 3.50. The number of nitrogens with zero attached hydrogens (tertiary/aromatic N) is 1. The Kier molecular flexibility index (Phi) is 3.96. The second kappa shape index (κ2) is 5.03. The third kappa shape index (κ3) is 2.55. The van der Waals surface area contributed by atoms with Crippen LogP contribution in [0, 0.1) is 5.82 Å². The fraction of sp³-hybridized carbons (Fsp3) is 0.308. The minimum atomic E-state index is -0.598. The molecule has 1 aromatic rings. The zero-order valence-corrected chi connectivity index (χ0v) is 9.83. The number of halogens is 1. The molecule has 0 saturated carbocycles. The molecule has 0 spiro atoms. The van der Waals surface area contributed by atoms with Gasteiger partial charge in [0.25, 0.3) is 0 Å².